The number of carbonyl (C=O) groups is 1. The third-order valence-corrected chi connectivity index (χ3v) is 12.0. The summed E-state index contributed by atoms with van der Waals surface area (Å²) in [5.41, 5.74) is 6.68. The first-order valence-corrected chi connectivity index (χ1v) is 20.8. The van der Waals surface area contributed by atoms with Gasteiger partial charge < -0.3 is 14.8 Å². The van der Waals surface area contributed by atoms with E-state index >= 15 is 0 Å². The number of carbonyl (C=O) groups excluding carboxylic acids is 1. The lowest BCUT2D eigenvalue weighted by Crippen LogP contribution is -2.33. The maximum absolute atomic E-state index is 13.5. The Balaban J connectivity index is 1.04. The molecule has 11 nitrogen and oxygen atoms in total. The molecule has 13 heteroatoms. The molecule has 7 rings (SSSR count). The quantitative estimate of drug-likeness (QED) is 0.0783. The van der Waals surface area contributed by atoms with E-state index in [9.17, 15) is 23.3 Å². The van der Waals surface area contributed by atoms with Crippen LogP contribution in [-0.4, -0.2) is 66.8 Å². The zero-order chi connectivity index (χ0) is 40.1. The number of sulfonamides is 1. The number of rotatable bonds is 15. The van der Waals surface area contributed by atoms with Gasteiger partial charge in [-0.1, -0.05) is 78.3 Å². The van der Waals surface area contributed by atoms with Crippen LogP contribution in [0.5, 0.6) is 0 Å². The van der Waals surface area contributed by atoms with Gasteiger partial charge in [0, 0.05) is 65.5 Å². The van der Waals surface area contributed by atoms with Crippen LogP contribution in [0.2, 0.25) is 5.02 Å². The Morgan fingerprint density at radius 1 is 0.895 bits per heavy atom. The van der Waals surface area contributed by atoms with Crippen LogP contribution < -0.4 is 10.0 Å². The summed E-state index contributed by atoms with van der Waals surface area (Å²) in [6.07, 6.45) is 2.22. The predicted octanol–water partition coefficient (Wildman–Crippen LogP) is 8.37. The van der Waals surface area contributed by atoms with E-state index in [4.69, 9.17) is 11.6 Å². The fraction of sp³-hybridized carbons (Fsp3) is 0.250. The lowest BCUT2D eigenvalue weighted by atomic mass is 9.99. The monoisotopic (exact) mass is 804 g/mol. The Hall–Kier alpha value is -5.53. The van der Waals surface area contributed by atoms with Crippen molar-refractivity contribution in [3.8, 4) is 11.1 Å². The molecule has 294 valence electrons. The fourth-order valence-corrected chi connectivity index (χ4v) is 8.58. The molecule has 1 aliphatic heterocycles. The summed E-state index contributed by atoms with van der Waals surface area (Å²) in [5, 5.41) is 17.1. The largest absolute Gasteiger partial charge is 0.377 e. The number of halogens is 1. The Bertz CT molecular complexity index is 2510. The van der Waals surface area contributed by atoms with Crippen molar-refractivity contribution in [2.75, 3.05) is 32.5 Å². The van der Waals surface area contributed by atoms with Gasteiger partial charge in [-0.25, -0.2) is 13.1 Å². The molecule has 0 spiro atoms. The molecule has 5 aromatic carbocycles. The zero-order valence-electron chi connectivity index (χ0n) is 31.9. The number of aromatic nitrogens is 1. The number of anilines is 1. The van der Waals surface area contributed by atoms with E-state index in [1.165, 1.54) is 17.7 Å². The van der Waals surface area contributed by atoms with E-state index in [0.717, 1.165) is 84.8 Å². The Morgan fingerprint density at radius 3 is 2.40 bits per heavy atom. The van der Waals surface area contributed by atoms with E-state index < -0.39 is 20.9 Å². The van der Waals surface area contributed by atoms with Gasteiger partial charge in [0.2, 0.25) is 0 Å². The van der Waals surface area contributed by atoms with Crippen LogP contribution in [-0.2, 0) is 36.1 Å². The second-order valence-electron chi connectivity index (χ2n) is 14.8. The number of fused-ring (bicyclic) bond motifs is 3. The number of nitro groups is 1. The average molecular weight is 805 g/mol. The van der Waals surface area contributed by atoms with Gasteiger partial charge in [0.25, 0.3) is 21.6 Å². The first kappa shape index (κ1) is 39.7. The number of nitro benzene ring substituents is 1. The number of nitrogens with zero attached hydrogens (tertiary/aromatic N) is 4. The summed E-state index contributed by atoms with van der Waals surface area (Å²) in [6, 6.07) is 37.0. The molecular formula is C44H45ClN6O5S. The zero-order valence-corrected chi connectivity index (χ0v) is 33.5. The van der Waals surface area contributed by atoms with Crippen LogP contribution >= 0.6 is 11.6 Å². The first-order chi connectivity index (χ1) is 27.4. The summed E-state index contributed by atoms with van der Waals surface area (Å²) in [6.45, 7) is 3.81. The highest BCUT2D eigenvalue weighted by molar-refractivity contribution is 7.90. The molecule has 0 aliphatic carbocycles. The summed E-state index contributed by atoms with van der Waals surface area (Å²) in [5.74, 6) is -0.823. The van der Waals surface area contributed by atoms with E-state index in [1.54, 1.807) is 12.1 Å². The lowest BCUT2D eigenvalue weighted by Gasteiger charge is -2.29. The molecule has 57 heavy (non-hydrogen) atoms. The molecule has 2 heterocycles. The SMILES string of the molecule is CN(C)CCC(CCc1ccccc1)Nc1ccc(S(=O)(=O)NC(=O)c2ccc3c(c2)cc2n3CCN(Cc3ccccc3-c3ccc(Cl)cc3)C2)cc1[N+](=O)[O-]. The van der Waals surface area contributed by atoms with Crippen LogP contribution in [0.4, 0.5) is 11.4 Å². The van der Waals surface area contributed by atoms with Crippen molar-refractivity contribution in [3.05, 3.63) is 159 Å². The van der Waals surface area contributed by atoms with Crippen molar-refractivity contribution in [2.24, 2.45) is 0 Å². The topological polar surface area (TPSA) is 130 Å². The lowest BCUT2D eigenvalue weighted by molar-refractivity contribution is -0.384. The van der Waals surface area contributed by atoms with Crippen LogP contribution in [0, 0.1) is 10.1 Å². The minimum absolute atomic E-state index is 0.108. The van der Waals surface area contributed by atoms with Crippen LogP contribution in [0.3, 0.4) is 0 Å². The maximum atomic E-state index is 13.5. The van der Waals surface area contributed by atoms with Gasteiger partial charge in [0.15, 0.2) is 0 Å². The molecule has 0 fully saturated rings. The number of nitrogens with one attached hydrogen (secondary N) is 2. The van der Waals surface area contributed by atoms with Crippen molar-refractivity contribution in [1.82, 2.24) is 19.1 Å². The van der Waals surface area contributed by atoms with E-state index in [2.05, 4.69) is 31.6 Å². The summed E-state index contributed by atoms with van der Waals surface area (Å²) >= 11 is 6.14. The first-order valence-electron chi connectivity index (χ1n) is 18.9. The third kappa shape index (κ3) is 9.54. The van der Waals surface area contributed by atoms with Crippen LogP contribution in [0.1, 0.15) is 40.0 Å². The second kappa shape index (κ2) is 17.3. The maximum Gasteiger partial charge on any atom is 0.293 e. The molecule has 0 saturated carbocycles. The van der Waals surface area contributed by atoms with Gasteiger partial charge in [-0.3, -0.25) is 19.8 Å². The Labute approximate surface area is 338 Å². The normalized spacial score (nSPS) is 13.7. The molecule has 0 saturated heterocycles. The van der Waals surface area contributed by atoms with Crippen molar-refractivity contribution in [1.29, 1.82) is 0 Å². The Kier molecular flexibility index (Phi) is 12.1. The van der Waals surface area contributed by atoms with Gasteiger partial charge in [0.1, 0.15) is 5.69 Å². The minimum Gasteiger partial charge on any atom is -0.377 e. The summed E-state index contributed by atoms with van der Waals surface area (Å²) in [7, 11) is -0.518. The summed E-state index contributed by atoms with van der Waals surface area (Å²) in [4.78, 5) is 29.1. The number of amides is 1. The van der Waals surface area contributed by atoms with Crippen molar-refractivity contribution < 1.29 is 18.1 Å². The number of benzene rings is 5. The second-order valence-corrected chi connectivity index (χ2v) is 16.9. The molecule has 6 aromatic rings. The van der Waals surface area contributed by atoms with E-state index in [-0.39, 0.29) is 27.9 Å². The molecular weight excluding hydrogens is 760 g/mol. The molecule has 1 unspecified atom stereocenters. The van der Waals surface area contributed by atoms with E-state index in [0.29, 0.717) is 11.6 Å². The number of hydrogen-bond acceptors (Lipinski definition) is 8. The van der Waals surface area contributed by atoms with Gasteiger partial charge in [-0.15, -0.1) is 0 Å². The summed E-state index contributed by atoms with van der Waals surface area (Å²) < 4.78 is 31.4. The minimum atomic E-state index is -4.45. The van der Waals surface area contributed by atoms with Crippen molar-refractivity contribution >= 4 is 49.8 Å². The van der Waals surface area contributed by atoms with Crippen molar-refractivity contribution in [2.45, 2.75) is 49.8 Å². The van der Waals surface area contributed by atoms with Gasteiger partial charge in [-0.2, -0.15) is 0 Å². The van der Waals surface area contributed by atoms with Crippen LogP contribution in [0.25, 0.3) is 22.0 Å². The molecule has 2 N–H and O–H groups in total. The van der Waals surface area contributed by atoms with Crippen molar-refractivity contribution in [3.63, 3.8) is 0 Å². The standard InChI is InChI=1S/C44H45ClN6O5S/c1-48(2)23-22-37(18-12-31-8-4-3-5-9-31)46-41-20-19-39(28-43(41)51(53)54)57(55,56)47-44(52)33-15-21-42-35(26-33)27-38-30-49(24-25-50(38)42)29-34-10-6-7-11-40(34)32-13-16-36(45)17-14-32/h3-11,13-17,19-21,26-28,37,46H,12,18,22-25,29-30H2,1-2H3,(H,47,52). The van der Waals surface area contributed by atoms with Gasteiger partial charge >= 0.3 is 0 Å². The number of aryl methyl sites for hydroxylation is 1. The predicted molar refractivity (Wildman–Crippen MR) is 226 cm³/mol. The highest BCUT2D eigenvalue weighted by Gasteiger charge is 2.26. The molecule has 0 radical (unpaired) electrons. The van der Waals surface area contributed by atoms with E-state index in [1.807, 2.05) is 97.9 Å². The number of hydrogen-bond donors (Lipinski definition) is 2. The molecule has 1 aliphatic rings. The average Bonchev–Trinajstić information content (AvgIpc) is 3.56. The molecule has 1 atom stereocenters. The smallest absolute Gasteiger partial charge is 0.293 e. The fourth-order valence-electron chi connectivity index (χ4n) is 7.46. The molecule has 1 amide bonds. The Morgan fingerprint density at radius 2 is 1.65 bits per heavy atom. The highest BCUT2D eigenvalue weighted by atomic mass is 35.5. The van der Waals surface area contributed by atoms with Crippen LogP contribution in [0.15, 0.2) is 126 Å². The van der Waals surface area contributed by atoms with Gasteiger partial charge in [0.05, 0.1) is 9.82 Å². The molecule has 1 aromatic heterocycles. The van der Waals surface area contributed by atoms with Gasteiger partial charge in [-0.05, 0) is 111 Å². The third-order valence-electron chi connectivity index (χ3n) is 10.5. The highest BCUT2D eigenvalue weighted by Crippen LogP contribution is 2.32. The molecule has 0 bridgehead atoms.